The number of para-hydroxylation sites is 1. The molecule has 6 nitrogen and oxygen atoms in total. The van der Waals surface area contributed by atoms with E-state index in [1.807, 2.05) is 6.92 Å². The van der Waals surface area contributed by atoms with Crippen LogP contribution < -0.4 is 10.0 Å². The topological polar surface area (TPSA) is 84.2 Å². The molecule has 0 aliphatic heterocycles. The maximum absolute atomic E-state index is 12.2. The molecule has 0 aliphatic rings. The first-order valence-corrected chi connectivity index (χ1v) is 7.84. The van der Waals surface area contributed by atoms with Crippen LogP contribution in [0.15, 0.2) is 45.9 Å². The molecule has 1 aromatic heterocycles. The highest BCUT2D eigenvalue weighted by molar-refractivity contribution is 7.89. The van der Waals surface area contributed by atoms with Crippen molar-refractivity contribution < 1.29 is 12.9 Å². The largest absolute Gasteiger partial charge is 0.377 e. The molecule has 0 aliphatic carbocycles. The molecule has 108 valence electrons. The zero-order chi connectivity index (χ0) is 14.4. The van der Waals surface area contributed by atoms with E-state index >= 15 is 0 Å². The van der Waals surface area contributed by atoms with E-state index in [9.17, 15) is 8.42 Å². The monoisotopic (exact) mass is 295 g/mol. The van der Waals surface area contributed by atoms with Crippen LogP contribution in [-0.4, -0.2) is 20.1 Å². The van der Waals surface area contributed by atoms with E-state index in [1.165, 1.54) is 0 Å². The number of nitrogens with one attached hydrogen (secondary N) is 2. The van der Waals surface area contributed by atoms with Gasteiger partial charge in [0.25, 0.3) is 0 Å². The fraction of sp³-hybridized carbons (Fsp3) is 0.308. The van der Waals surface area contributed by atoms with E-state index in [2.05, 4.69) is 15.2 Å². The first-order valence-electron chi connectivity index (χ1n) is 6.35. The Morgan fingerprint density at radius 2 is 2.05 bits per heavy atom. The van der Waals surface area contributed by atoms with Gasteiger partial charge >= 0.3 is 0 Å². The van der Waals surface area contributed by atoms with Gasteiger partial charge in [0.05, 0.1) is 18.4 Å². The van der Waals surface area contributed by atoms with E-state index in [1.54, 1.807) is 36.5 Å². The summed E-state index contributed by atoms with van der Waals surface area (Å²) in [5.41, 5.74) is 0.535. The second-order valence-corrected chi connectivity index (χ2v) is 5.96. The third-order valence-corrected chi connectivity index (χ3v) is 4.18. The molecule has 2 N–H and O–H groups in total. The van der Waals surface area contributed by atoms with E-state index in [0.29, 0.717) is 24.5 Å². The highest BCUT2D eigenvalue weighted by Gasteiger charge is 2.17. The van der Waals surface area contributed by atoms with Crippen LogP contribution in [0.3, 0.4) is 0 Å². The molecule has 0 spiro atoms. The summed E-state index contributed by atoms with van der Waals surface area (Å²) in [5, 5.41) is 6.65. The van der Waals surface area contributed by atoms with Crippen LogP contribution in [-0.2, 0) is 16.6 Å². The van der Waals surface area contributed by atoms with Crippen LogP contribution in [0.4, 0.5) is 5.69 Å². The first-order chi connectivity index (χ1) is 9.63. The van der Waals surface area contributed by atoms with Crippen molar-refractivity contribution in [2.45, 2.75) is 24.8 Å². The summed E-state index contributed by atoms with van der Waals surface area (Å²) >= 11 is 0. The lowest BCUT2D eigenvalue weighted by Gasteiger charge is -2.12. The molecule has 0 bridgehead atoms. The quantitative estimate of drug-likeness (QED) is 0.816. The van der Waals surface area contributed by atoms with Crippen LogP contribution in [0.1, 0.15) is 19.1 Å². The third kappa shape index (κ3) is 3.58. The van der Waals surface area contributed by atoms with Crippen molar-refractivity contribution in [2.24, 2.45) is 0 Å². The molecule has 1 heterocycles. The summed E-state index contributed by atoms with van der Waals surface area (Å²) in [6.45, 7) is 2.70. The van der Waals surface area contributed by atoms with Crippen molar-refractivity contribution in [2.75, 3.05) is 11.9 Å². The van der Waals surface area contributed by atoms with Gasteiger partial charge < -0.3 is 9.84 Å². The van der Waals surface area contributed by atoms with Crippen molar-refractivity contribution in [3.05, 3.63) is 42.3 Å². The number of benzene rings is 1. The van der Waals surface area contributed by atoms with Crippen molar-refractivity contribution in [3.63, 3.8) is 0 Å². The smallest absolute Gasteiger partial charge is 0.242 e. The molecule has 1 aromatic carbocycles. The van der Waals surface area contributed by atoms with Crippen molar-refractivity contribution >= 4 is 15.7 Å². The zero-order valence-corrected chi connectivity index (χ0v) is 12.0. The van der Waals surface area contributed by atoms with Crippen LogP contribution in [0.5, 0.6) is 0 Å². The van der Waals surface area contributed by atoms with E-state index in [4.69, 9.17) is 4.52 Å². The Morgan fingerprint density at radius 1 is 1.25 bits per heavy atom. The van der Waals surface area contributed by atoms with Crippen molar-refractivity contribution in [1.29, 1.82) is 0 Å². The summed E-state index contributed by atoms with van der Waals surface area (Å²) in [7, 11) is -3.50. The molecule has 0 unspecified atom stereocenters. The summed E-state index contributed by atoms with van der Waals surface area (Å²) in [6.07, 6.45) is 2.29. The molecule has 0 fully saturated rings. The molecule has 0 radical (unpaired) electrons. The second kappa shape index (κ2) is 6.53. The average Bonchev–Trinajstić information content (AvgIpc) is 2.96. The third-order valence-electron chi connectivity index (χ3n) is 2.66. The lowest BCUT2D eigenvalue weighted by molar-refractivity contribution is 0.388. The van der Waals surface area contributed by atoms with Gasteiger partial charge in [0.2, 0.25) is 10.0 Å². The lowest BCUT2D eigenvalue weighted by atomic mass is 10.3. The fourth-order valence-electron chi connectivity index (χ4n) is 1.68. The predicted octanol–water partition coefficient (Wildman–Crippen LogP) is 1.98. The summed E-state index contributed by atoms with van der Waals surface area (Å²) < 4.78 is 31.9. The molecule has 0 saturated heterocycles. The normalized spacial score (nSPS) is 11.4. The van der Waals surface area contributed by atoms with Crippen LogP contribution >= 0.6 is 0 Å². The Hall–Kier alpha value is -1.86. The van der Waals surface area contributed by atoms with E-state index in [0.717, 1.165) is 6.42 Å². The van der Waals surface area contributed by atoms with Gasteiger partial charge in [-0.05, 0) is 18.6 Å². The van der Waals surface area contributed by atoms with Gasteiger partial charge in [-0.1, -0.05) is 24.2 Å². The first kappa shape index (κ1) is 14.5. The Balaban J connectivity index is 2.17. The Kier molecular flexibility index (Phi) is 4.75. The highest BCUT2D eigenvalue weighted by Crippen LogP contribution is 2.21. The number of nitrogens with zero attached hydrogens (tertiary/aromatic N) is 1. The van der Waals surface area contributed by atoms with E-state index in [-0.39, 0.29) is 4.90 Å². The molecule has 0 atom stereocenters. The van der Waals surface area contributed by atoms with E-state index < -0.39 is 10.0 Å². The SMILES string of the molecule is CCCNS(=O)(=O)c1ccccc1NCc1ccno1. The highest BCUT2D eigenvalue weighted by atomic mass is 32.2. The standard InChI is InChI=1S/C13H17N3O3S/c1-2-8-16-20(17,18)13-6-4-3-5-12(13)14-10-11-7-9-15-19-11/h3-7,9,14,16H,2,8,10H2,1H3. The molecule has 0 saturated carbocycles. The molecular weight excluding hydrogens is 278 g/mol. The van der Waals surface area contributed by atoms with Gasteiger partial charge in [0.1, 0.15) is 4.90 Å². The number of hydrogen-bond donors (Lipinski definition) is 2. The van der Waals surface area contributed by atoms with Crippen LogP contribution in [0.2, 0.25) is 0 Å². The van der Waals surface area contributed by atoms with Gasteiger partial charge in [-0.25, -0.2) is 13.1 Å². The minimum absolute atomic E-state index is 0.230. The summed E-state index contributed by atoms with van der Waals surface area (Å²) in [6, 6.07) is 8.48. The average molecular weight is 295 g/mol. The maximum Gasteiger partial charge on any atom is 0.242 e. The minimum Gasteiger partial charge on any atom is -0.377 e. The molecule has 7 heteroatoms. The van der Waals surface area contributed by atoms with Gasteiger partial charge in [0, 0.05) is 12.6 Å². The second-order valence-electron chi connectivity index (χ2n) is 4.23. The van der Waals surface area contributed by atoms with Crippen molar-refractivity contribution in [3.8, 4) is 0 Å². The van der Waals surface area contributed by atoms with Crippen molar-refractivity contribution in [1.82, 2.24) is 9.88 Å². The van der Waals surface area contributed by atoms with Gasteiger partial charge in [-0.15, -0.1) is 0 Å². The maximum atomic E-state index is 12.2. The minimum atomic E-state index is -3.50. The molecule has 2 rings (SSSR count). The number of anilines is 1. The molecule has 20 heavy (non-hydrogen) atoms. The summed E-state index contributed by atoms with van der Waals surface area (Å²) in [4.78, 5) is 0.230. The number of aromatic nitrogens is 1. The van der Waals surface area contributed by atoms with Gasteiger partial charge in [-0.3, -0.25) is 0 Å². The van der Waals surface area contributed by atoms with Crippen LogP contribution in [0, 0.1) is 0 Å². The fourth-order valence-corrected chi connectivity index (χ4v) is 2.99. The summed E-state index contributed by atoms with van der Waals surface area (Å²) in [5.74, 6) is 0.638. The van der Waals surface area contributed by atoms with Crippen LogP contribution in [0.25, 0.3) is 0 Å². The molecule has 0 amide bonds. The van der Waals surface area contributed by atoms with Gasteiger partial charge in [-0.2, -0.15) is 0 Å². The molecule has 2 aromatic rings. The zero-order valence-electron chi connectivity index (χ0n) is 11.2. The molecular formula is C13H17N3O3S. The number of rotatable bonds is 7. The Bertz CT molecular complexity index is 639. The number of hydrogen-bond acceptors (Lipinski definition) is 5. The van der Waals surface area contributed by atoms with Gasteiger partial charge in [0.15, 0.2) is 5.76 Å². The Labute approximate surface area is 118 Å². The number of sulfonamides is 1. The Morgan fingerprint density at radius 3 is 2.75 bits per heavy atom. The predicted molar refractivity (Wildman–Crippen MR) is 75.8 cm³/mol. The lowest BCUT2D eigenvalue weighted by Crippen LogP contribution is -2.25.